The first-order valence-electron chi connectivity index (χ1n) is 8.53. The first-order chi connectivity index (χ1) is 12.6. The van der Waals surface area contributed by atoms with Crippen molar-refractivity contribution in [2.45, 2.75) is 25.8 Å². The molecule has 2 amide bonds. The molecule has 1 aliphatic rings. The van der Waals surface area contributed by atoms with E-state index in [4.69, 9.17) is 4.74 Å². The lowest BCUT2D eigenvalue weighted by atomic mass is 10.2. The van der Waals surface area contributed by atoms with Gasteiger partial charge >= 0.3 is 0 Å². The summed E-state index contributed by atoms with van der Waals surface area (Å²) in [5, 5.41) is 12.1. The molecule has 138 valence electrons. The third kappa shape index (κ3) is 5.07. The molecule has 26 heavy (non-hydrogen) atoms. The van der Waals surface area contributed by atoms with Gasteiger partial charge in [0.2, 0.25) is 0 Å². The van der Waals surface area contributed by atoms with Gasteiger partial charge in [0, 0.05) is 18.2 Å². The molecule has 1 atom stereocenters. The molecule has 1 saturated heterocycles. The number of likely N-dealkylation sites (tertiary alicyclic amines) is 1. The maximum Gasteiger partial charge on any atom is 0.270 e. The minimum Gasteiger partial charge on any atom is -0.466 e. The molecule has 0 aliphatic carbocycles. The Morgan fingerprint density at radius 3 is 2.77 bits per heavy atom. The normalized spacial score (nSPS) is 17.4. The maximum atomic E-state index is 12.9. The number of nitrogens with zero attached hydrogens (tertiary/aromatic N) is 1. The highest BCUT2D eigenvalue weighted by Gasteiger charge is 2.30. The molecule has 6 heteroatoms. The van der Waals surface area contributed by atoms with Crippen LogP contribution in [0.5, 0.6) is 0 Å². The zero-order valence-corrected chi connectivity index (χ0v) is 14.9. The molecule has 1 heterocycles. The molecule has 2 rings (SSSR count). The minimum absolute atomic E-state index is 0.0636. The zero-order chi connectivity index (χ0) is 18.9. The molecule has 1 aromatic rings. The number of hydrogen-bond acceptors (Lipinski definition) is 4. The second-order valence-corrected chi connectivity index (χ2v) is 5.91. The third-order valence-electron chi connectivity index (χ3n) is 4.02. The number of benzene rings is 1. The average molecular weight is 356 g/mol. The van der Waals surface area contributed by atoms with Crippen LogP contribution in [0.25, 0.3) is 0 Å². The number of allylic oxidation sites excluding steroid dienone is 2. The summed E-state index contributed by atoms with van der Waals surface area (Å²) in [6.45, 7) is 5.95. The van der Waals surface area contributed by atoms with Gasteiger partial charge in [-0.2, -0.15) is 0 Å². The molecule has 0 spiro atoms. The van der Waals surface area contributed by atoms with Gasteiger partial charge < -0.3 is 20.1 Å². The Morgan fingerprint density at radius 2 is 2.12 bits per heavy atom. The van der Waals surface area contributed by atoms with Gasteiger partial charge in [0.1, 0.15) is 11.5 Å². The van der Waals surface area contributed by atoms with Crippen LogP contribution in [0.4, 0.5) is 0 Å². The molecule has 1 fully saturated rings. The van der Waals surface area contributed by atoms with E-state index in [0.717, 1.165) is 12.8 Å². The zero-order valence-electron chi connectivity index (χ0n) is 14.9. The van der Waals surface area contributed by atoms with Crippen LogP contribution < -0.4 is 5.32 Å². The smallest absolute Gasteiger partial charge is 0.270 e. The van der Waals surface area contributed by atoms with E-state index in [0.29, 0.717) is 12.1 Å². The van der Waals surface area contributed by atoms with Crippen LogP contribution in [0, 0.1) is 0 Å². The number of amides is 2. The molecule has 6 nitrogen and oxygen atoms in total. The lowest BCUT2D eigenvalue weighted by Crippen LogP contribution is -2.42. The highest BCUT2D eigenvalue weighted by atomic mass is 16.5. The van der Waals surface area contributed by atoms with Crippen molar-refractivity contribution in [3.63, 3.8) is 0 Å². The number of nitrogens with one attached hydrogen (secondary N) is 1. The highest BCUT2D eigenvalue weighted by Crippen LogP contribution is 2.19. The van der Waals surface area contributed by atoms with Crippen molar-refractivity contribution in [3.8, 4) is 0 Å². The molecule has 0 bridgehead atoms. The fourth-order valence-electron chi connectivity index (χ4n) is 2.73. The van der Waals surface area contributed by atoms with E-state index in [-0.39, 0.29) is 30.0 Å². The molecular formula is C20H24N2O4. The fourth-order valence-corrected chi connectivity index (χ4v) is 2.73. The van der Waals surface area contributed by atoms with Crippen LogP contribution in [0.3, 0.4) is 0 Å². The van der Waals surface area contributed by atoms with E-state index >= 15 is 0 Å². The Morgan fingerprint density at radius 1 is 1.38 bits per heavy atom. The van der Waals surface area contributed by atoms with Crippen molar-refractivity contribution in [2.24, 2.45) is 0 Å². The predicted molar refractivity (Wildman–Crippen MR) is 98.9 cm³/mol. The number of rotatable bonds is 7. The first-order valence-corrected chi connectivity index (χ1v) is 8.53. The van der Waals surface area contributed by atoms with Gasteiger partial charge in [0.05, 0.1) is 18.9 Å². The van der Waals surface area contributed by atoms with Gasteiger partial charge in [-0.15, -0.1) is 0 Å². The second-order valence-electron chi connectivity index (χ2n) is 5.91. The summed E-state index contributed by atoms with van der Waals surface area (Å²) in [7, 11) is 0. The molecule has 1 aliphatic heterocycles. The number of aliphatic hydroxyl groups is 1. The van der Waals surface area contributed by atoms with E-state index < -0.39 is 5.91 Å². The van der Waals surface area contributed by atoms with Crippen molar-refractivity contribution in [1.82, 2.24) is 10.2 Å². The van der Waals surface area contributed by atoms with Crippen molar-refractivity contribution in [2.75, 3.05) is 13.2 Å². The van der Waals surface area contributed by atoms with Crippen LogP contribution in [0.2, 0.25) is 0 Å². The SMILES string of the molecule is C=C(/C=C(\NC(=O)c1ccccc1)C(=O)N1CCCC1CO)O/C=C\C. The van der Waals surface area contributed by atoms with Crippen molar-refractivity contribution in [3.05, 3.63) is 72.3 Å². The van der Waals surface area contributed by atoms with E-state index in [2.05, 4.69) is 11.9 Å². The Balaban J connectivity index is 2.23. The minimum atomic E-state index is -0.399. The first kappa shape index (κ1) is 19.5. The Bertz CT molecular complexity index is 710. The number of hydrogen-bond donors (Lipinski definition) is 2. The summed E-state index contributed by atoms with van der Waals surface area (Å²) in [5.41, 5.74) is 0.500. The summed E-state index contributed by atoms with van der Waals surface area (Å²) in [5.74, 6) is -0.542. The molecular weight excluding hydrogens is 332 g/mol. The Hall–Kier alpha value is -2.86. The quantitative estimate of drug-likeness (QED) is 0.447. The average Bonchev–Trinajstić information content (AvgIpc) is 3.14. The third-order valence-corrected chi connectivity index (χ3v) is 4.02. The van der Waals surface area contributed by atoms with Gasteiger partial charge in [-0.25, -0.2) is 0 Å². The van der Waals surface area contributed by atoms with E-state index in [1.165, 1.54) is 12.3 Å². The largest absolute Gasteiger partial charge is 0.466 e. The summed E-state index contributed by atoms with van der Waals surface area (Å²) in [4.78, 5) is 26.9. The number of carbonyl (C=O) groups is 2. The summed E-state index contributed by atoms with van der Waals surface area (Å²) in [6.07, 6.45) is 6.07. The van der Waals surface area contributed by atoms with E-state index in [1.54, 1.807) is 42.2 Å². The number of ether oxygens (including phenoxy) is 1. The van der Waals surface area contributed by atoms with Crippen molar-refractivity contribution >= 4 is 11.8 Å². The Kier molecular flexibility index (Phi) is 7.17. The van der Waals surface area contributed by atoms with Crippen LogP contribution in [-0.4, -0.2) is 41.0 Å². The van der Waals surface area contributed by atoms with Crippen LogP contribution in [0.15, 0.2) is 66.8 Å². The molecule has 0 radical (unpaired) electrons. The van der Waals surface area contributed by atoms with Crippen molar-refractivity contribution < 1.29 is 19.4 Å². The fraction of sp³-hybridized carbons (Fsp3) is 0.300. The molecule has 0 aromatic heterocycles. The van der Waals surface area contributed by atoms with Crippen LogP contribution in [0.1, 0.15) is 30.1 Å². The molecule has 1 aromatic carbocycles. The lowest BCUT2D eigenvalue weighted by Gasteiger charge is -2.24. The monoisotopic (exact) mass is 356 g/mol. The van der Waals surface area contributed by atoms with E-state index in [1.807, 2.05) is 6.07 Å². The highest BCUT2D eigenvalue weighted by molar-refractivity contribution is 6.03. The number of aliphatic hydroxyl groups excluding tert-OH is 1. The van der Waals surface area contributed by atoms with Crippen molar-refractivity contribution in [1.29, 1.82) is 0 Å². The number of carbonyl (C=O) groups excluding carboxylic acids is 2. The topological polar surface area (TPSA) is 78.9 Å². The van der Waals surface area contributed by atoms with Gasteiger partial charge in [-0.1, -0.05) is 30.9 Å². The predicted octanol–water partition coefficient (Wildman–Crippen LogP) is 2.35. The molecule has 1 unspecified atom stereocenters. The summed E-state index contributed by atoms with van der Waals surface area (Å²) in [6, 6.07) is 8.38. The van der Waals surface area contributed by atoms with Crippen LogP contribution in [-0.2, 0) is 9.53 Å². The second kappa shape index (κ2) is 9.58. The standard InChI is InChI=1S/C20H24N2O4/c1-3-12-26-15(2)13-18(20(25)22-11-7-10-17(22)14-23)21-19(24)16-8-5-4-6-9-16/h3-6,8-9,12-13,17,23H,2,7,10-11,14H2,1H3,(H,21,24)/b12-3-,18-13-. The summed E-state index contributed by atoms with van der Waals surface area (Å²) >= 11 is 0. The summed E-state index contributed by atoms with van der Waals surface area (Å²) < 4.78 is 5.25. The molecule has 2 N–H and O–H groups in total. The lowest BCUT2D eigenvalue weighted by molar-refractivity contribution is -0.129. The van der Waals surface area contributed by atoms with Gasteiger partial charge in [-0.05, 0) is 31.9 Å². The van der Waals surface area contributed by atoms with Gasteiger partial charge in [0.15, 0.2) is 0 Å². The van der Waals surface area contributed by atoms with E-state index in [9.17, 15) is 14.7 Å². The Labute approximate surface area is 153 Å². The van der Waals surface area contributed by atoms with Crippen LogP contribution >= 0.6 is 0 Å². The van der Waals surface area contributed by atoms with Gasteiger partial charge in [-0.3, -0.25) is 9.59 Å². The maximum absolute atomic E-state index is 12.9. The molecule has 0 saturated carbocycles. The van der Waals surface area contributed by atoms with Gasteiger partial charge in [0.25, 0.3) is 11.8 Å².